The number of hydrogen-bond acceptors (Lipinski definition) is 4. The summed E-state index contributed by atoms with van der Waals surface area (Å²) in [5, 5.41) is 4.14. The summed E-state index contributed by atoms with van der Waals surface area (Å²) in [7, 11) is 2.09. The Balaban J connectivity index is 1.44. The Labute approximate surface area is 142 Å². The number of rotatable bonds is 2. The first-order valence-corrected chi connectivity index (χ1v) is 9.04. The SMILES string of the molecule is CNC1CCC2(CC1)CCN(c1nc3cc(Cl)ccc3o1)CC2. The molecule has 1 saturated heterocycles. The molecule has 1 N–H and O–H groups in total. The van der Waals surface area contributed by atoms with Gasteiger partial charge in [0, 0.05) is 24.2 Å². The maximum atomic E-state index is 6.03. The van der Waals surface area contributed by atoms with Gasteiger partial charge in [0.1, 0.15) is 5.52 Å². The lowest BCUT2D eigenvalue weighted by Gasteiger charge is -2.45. The highest BCUT2D eigenvalue weighted by atomic mass is 35.5. The highest BCUT2D eigenvalue weighted by Crippen LogP contribution is 2.45. The third kappa shape index (κ3) is 2.94. The van der Waals surface area contributed by atoms with Crippen molar-refractivity contribution >= 4 is 28.7 Å². The van der Waals surface area contributed by atoms with Gasteiger partial charge in [-0.15, -0.1) is 0 Å². The second kappa shape index (κ2) is 5.99. The molecule has 0 unspecified atom stereocenters. The maximum Gasteiger partial charge on any atom is 0.298 e. The van der Waals surface area contributed by atoms with Crippen LogP contribution < -0.4 is 10.2 Å². The fraction of sp³-hybridized carbons (Fsp3) is 0.611. The zero-order chi connectivity index (χ0) is 15.9. The molecule has 1 saturated carbocycles. The summed E-state index contributed by atoms with van der Waals surface area (Å²) in [4.78, 5) is 6.92. The molecule has 1 aliphatic carbocycles. The van der Waals surface area contributed by atoms with Crippen molar-refractivity contribution in [3.63, 3.8) is 0 Å². The number of benzene rings is 1. The van der Waals surface area contributed by atoms with Crippen LogP contribution in [0, 0.1) is 5.41 Å². The largest absolute Gasteiger partial charge is 0.423 e. The smallest absolute Gasteiger partial charge is 0.298 e. The van der Waals surface area contributed by atoms with Crippen molar-refractivity contribution in [2.75, 3.05) is 25.0 Å². The third-order valence-electron chi connectivity index (χ3n) is 5.89. The normalized spacial score (nSPS) is 22.1. The number of nitrogens with zero attached hydrogens (tertiary/aromatic N) is 2. The van der Waals surface area contributed by atoms with E-state index in [4.69, 9.17) is 16.0 Å². The van der Waals surface area contributed by atoms with Gasteiger partial charge >= 0.3 is 0 Å². The van der Waals surface area contributed by atoms with E-state index in [2.05, 4.69) is 22.2 Å². The average molecular weight is 334 g/mol. The van der Waals surface area contributed by atoms with Crippen molar-refractivity contribution in [3.05, 3.63) is 23.2 Å². The average Bonchev–Trinajstić information content (AvgIpc) is 2.99. The molecule has 2 fully saturated rings. The quantitative estimate of drug-likeness (QED) is 0.893. The monoisotopic (exact) mass is 333 g/mol. The van der Waals surface area contributed by atoms with Crippen molar-refractivity contribution < 1.29 is 4.42 Å². The highest BCUT2D eigenvalue weighted by Gasteiger charge is 2.38. The van der Waals surface area contributed by atoms with E-state index >= 15 is 0 Å². The summed E-state index contributed by atoms with van der Waals surface area (Å²) in [6, 6.07) is 7.10. The lowest BCUT2D eigenvalue weighted by atomic mass is 9.67. The molecule has 2 aromatic rings. The van der Waals surface area contributed by atoms with Crippen LogP contribution in [-0.2, 0) is 0 Å². The molecule has 124 valence electrons. The highest BCUT2D eigenvalue weighted by molar-refractivity contribution is 6.31. The summed E-state index contributed by atoms with van der Waals surface area (Å²) in [5.74, 6) is 0. The predicted molar refractivity (Wildman–Crippen MR) is 94.2 cm³/mol. The molecule has 23 heavy (non-hydrogen) atoms. The first-order valence-electron chi connectivity index (χ1n) is 8.66. The van der Waals surface area contributed by atoms with E-state index in [1.807, 2.05) is 18.2 Å². The standard InChI is InChI=1S/C18H24ClN3O/c1-20-14-4-6-18(7-5-14)8-10-22(11-9-18)17-21-15-12-13(19)2-3-16(15)23-17/h2-3,12,14,20H,4-11H2,1H3. The Hall–Kier alpha value is -1.26. The Morgan fingerprint density at radius 1 is 1.22 bits per heavy atom. The number of oxazole rings is 1. The number of piperidine rings is 1. The first-order chi connectivity index (χ1) is 11.2. The number of nitrogens with one attached hydrogen (secondary N) is 1. The van der Waals surface area contributed by atoms with E-state index in [1.165, 1.54) is 38.5 Å². The van der Waals surface area contributed by atoms with E-state index in [1.54, 1.807) is 0 Å². The van der Waals surface area contributed by atoms with E-state index in [0.717, 1.165) is 36.2 Å². The van der Waals surface area contributed by atoms with E-state index in [-0.39, 0.29) is 0 Å². The number of anilines is 1. The van der Waals surface area contributed by atoms with Crippen LogP contribution in [-0.4, -0.2) is 31.2 Å². The van der Waals surface area contributed by atoms with Crippen LogP contribution in [0.1, 0.15) is 38.5 Å². The summed E-state index contributed by atoms with van der Waals surface area (Å²) < 4.78 is 5.92. The molecule has 0 radical (unpaired) electrons. The maximum absolute atomic E-state index is 6.03. The molecular weight excluding hydrogens is 310 g/mol. The van der Waals surface area contributed by atoms with Crippen molar-refractivity contribution in [2.45, 2.75) is 44.6 Å². The molecule has 5 heteroatoms. The third-order valence-corrected chi connectivity index (χ3v) is 6.12. The van der Waals surface area contributed by atoms with Crippen LogP contribution in [0.4, 0.5) is 6.01 Å². The van der Waals surface area contributed by atoms with Gasteiger partial charge in [-0.1, -0.05) is 11.6 Å². The Morgan fingerprint density at radius 3 is 2.65 bits per heavy atom. The van der Waals surface area contributed by atoms with Crippen molar-refractivity contribution in [3.8, 4) is 0 Å². The molecule has 0 bridgehead atoms. The van der Waals surface area contributed by atoms with E-state index < -0.39 is 0 Å². The van der Waals surface area contributed by atoms with Gasteiger partial charge in [-0.3, -0.25) is 0 Å². The predicted octanol–water partition coefficient (Wildman–Crippen LogP) is 4.23. The molecule has 0 atom stereocenters. The molecule has 1 aromatic carbocycles. The van der Waals surface area contributed by atoms with E-state index in [9.17, 15) is 0 Å². The Morgan fingerprint density at radius 2 is 1.96 bits per heavy atom. The van der Waals surface area contributed by atoms with Gasteiger partial charge in [0.25, 0.3) is 6.01 Å². The fourth-order valence-electron chi connectivity index (χ4n) is 4.21. The topological polar surface area (TPSA) is 41.3 Å². The van der Waals surface area contributed by atoms with Crippen molar-refractivity contribution in [1.82, 2.24) is 10.3 Å². The zero-order valence-electron chi connectivity index (χ0n) is 13.6. The molecule has 1 aromatic heterocycles. The lowest BCUT2D eigenvalue weighted by molar-refractivity contribution is 0.125. The molecule has 1 aliphatic heterocycles. The molecule has 4 nitrogen and oxygen atoms in total. The second-order valence-corrected chi connectivity index (χ2v) is 7.59. The summed E-state index contributed by atoms with van der Waals surface area (Å²) >= 11 is 6.03. The summed E-state index contributed by atoms with van der Waals surface area (Å²) in [6.45, 7) is 2.09. The van der Waals surface area contributed by atoms with Gasteiger partial charge in [0.15, 0.2) is 5.58 Å². The number of fused-ring (bicyclic) bond motifs is 1. The molecule has 0 amide bonds. The molecule has 2 heterocycles. The van der Waals surface area contributed by atoms with Gasteiger partial charge in [0.05, 0.1) is 0 Å². The van der Waals surface area contributed by atoms with Gasteiger partial charge in [0.2, 0.25) is 0 Å². The molecule has 4 rings (SSSR count). The number of aromatic nitrogens is 1. The van der Waals surface area contributed by atoms with Crippen LogP contribution in [0.2, 0.25) is 5.02 Å². The summed E-state index contributed by atoms with van der Waals surface area (Å²) in [5.41, 5.74) is 2.22. The van der Waals surface area contributed by atoms with Gasteiger partial charge in [-0.2, -0.15) is 4.98 Å². The van der Waals surface area contributed by atoms with Crippen LogP contribution in [0.5, 0.6) is 0 Å². The molecule has 2 aliphatic rings. The Bertz CT molecular complexity index is 681. The Kier molecular flexibility index (Phi) is 3.98. The minimum Gasteiger partial charge on any atom is -0.423 e. The van der Waals surface area contributed by atoms with Gasteiger partial charge < -0.3 is 14.6 Å². The zero-order valence-corrected chi connectivity index (χ0v) is 14.4. The van der Waals surface area contributed by atoms with Crippen LogP contribution in [0.3, 0.4) is 0 Å². The van der Waals surface area contributed by atoms with Gasteiger partial charge in [-0.25, -0.2) is 0 Å². The van der Waals surface area contributed by atoms with Crippen LogP contribution in [0.15, 0.2) is 22.6 Å². The van der Waals surface area contributed by atoms with Crippen molar-refractivity contribution in [1.29, 1.82) is 0 Å². The number of halogens is 1. The first kappa shape index (κ1) is 15.3. The van der Waals surface area contributed by atoms with E-state index in [0.29, 0.717) is 10.4 Å². The lowest BCUT2D eigenvalue weighted by Crippen LogP contribution is -2.44. The molecular formula is C18H24ClN3O. The van der Waals surface area contributed by atoms with Crippen LogP contribution >= 0.6 is 11.6 Å². The number of hydrogen-bond donors (Lipinski definition) is 1. The van der Waals surface area contributed by atoms with Crippen molar-refractivity contribution in [2.24, 2.45) is 5.41 Å². The summed E-state index contributed by atoms with van der Waals surface area (Å²) in [6.07, 6.45) is 7.85. The minimum atomic E-state index is 0.555. The van der Waals surface area contributed by atoms with Crippen LogP contribution in [0.25, 0.3) is 11.1 Å². The van der Waals surface area contributed by atoms with Gasteiger partial charge in [-0.05, 0) is 69.2 Å². The second-order valence-electron chi connectivity index (χ2n) is 7.16. The minimum absolute atomic E-state index is 0.555. The molecule has 1 spiro atoms. The fourth-order valence-corrected chi connectivity index (χ4v) is 4.38.